The van der Waals surface area contributed by atoms with E-state index in [1.54, 1.807) is 6.07 Å². The zero-order valence-corrected chi connectivity index (χ0v) is 21.2. The lowest BCUT2D eigenvalue weighted by atomic mass is 9.97. The SMILES string of the molecule is Cc1ccc(NC(=O)C(Cc2ccccc2)C(N)=O)c2cc(C)n(Cc3ccc(O)c(C(C)C)c3)c12. The third kappa shape index (κ3) is 5.13. The molecule has 6 nitrogen and oxygen atoms in total. The highest BCUT2D eigenvalue weighted by Gasteiger charge is 2.26. The van der Waals surface area contributed by atoms with Crippen LogP contribution in [0.1, 0.15) is 47.7 Å². The predicted octanol–water partition coefficient (Wildman–Crippen LogP) is 5.42. The number of phenolic OH excluding ortho intramolecular Hbond substituents is 1. The Balaban J connectivity index is 1.66. The number of aromatic hydroxyl groups is 1. The van der Waals surface area contributed by atoms with Crippen LogP contribution < -0.4 is 11.1 Å². The maximum atomic E-state index is 13.2. The van der Waals surface area contributed by atoms with Crippen LogP contribution in [0.2, 0.25) is 0 Å². The van der Waals surface area contributed by atoms with E-state index in [4.69, 9.17) is 5.73 Å². The van der Waals surface area contributed by atoms with E-state index in [1.165, 1.54) is 0 Å². The molecule has 0 fully saturated rings. The second-order valence-corrected chi connectivity index (χ2v) is 9.75. The maximum Gasteiger partial charge on any atom is 0.237 e. The summed E-state index contributed by atoms with van der Waals surface area (Å²) in [6, 6.07) is 21.0. The van der Waals surface area contributed by atoms with E-state index >= 15 is 0 Å². The van der Waals surface area contributed by atoms with Gasteiger partial charge in [0.1, 0.15) is 11.7 Å². The molecule has 0 aliphatic heterocycles. The molecule has 0 radical (unpaired) electrons. The van der Waals surface area contributed by atoms with E-state index in [-0.39, 0.29) is 12.3 Å². The number of anilines is 1. The molecule has 0 aliphatic rings. The zero-order chi connectivity index (χ0) is 26.0. The van der Waals surface area contributed by atoms with Gasteiger partial charge in [-0.15, -0.1) is 0 Å². The van der Waals surface area contributed by atoms with Gasteiger partial charge >= 0.3 is 0 Å². The standard InChI is InChI=1S/C30H33N3O3/c1-18(2)23-16-22(11-13-27(23)34)17-33-20(4)14-24-26(12-10-19(3)28(24)33)32-30(36)25(29(31)35)15-21-8-6-5-7-9-21/h5-14,16,18,25,34H,15,17H2,1-4H3,(H2,31,35)(H,32,36). The largest absolute Gasteiger partial charge is 0.508 e. The van der Waals surface area contributed by atoms with Crippen molar-refractivity contribution in [2.24, 2.45) is 11.7 Å². The maximum absolute atomic E-state index is 13.2. The van der Waals surface area contributed by atoms with Crippen LogP contribution in [0.25, 0.3) is 10.9 Å². The molecule has 4 N–H and O–H groups in total. The molecule has 0 saturated heterocycles. The molecule has 2 amide bonds. The summed E-state index contributed by atoms with van der Waals surface area (Å²) in [4.78, 5) is 25.3. The third-order valence-corrected chi connectivity index (χ3v) is 6.72. The summed E-state index contributed by atoms with van der Waals surface area (Å²) in [5.74, 6) is -1.52. The van der Waals surface area contributed by atoms with Crippen LogP contribution in [0.3, 0.4) is 0 Å². The predicted molar refractivity (Wildman–Crippen MR) is 144 cm³/mol. The minimum atomic E-state index is -0.974. The first-order valence-electron chi connectivity index (χ1n) is 12.2. The number of phenols is 1. The first kappa shape index (κ1) is 25.0. The van der Waals surface area contributed by atoms with Gasteiger partial charge < -0.3 is 20.7 Å². The number of benzene rings is 3. The van der Waals surface area contributed by atoms with Crippen LogP contribution in [0, 0.1) is 19.8 Å². The summed E-state index contributed by atoms with van der Waals surface area (Å²) < 4.78 is 2.21. The van der Waals surface area contributed by atoms with Gasteiger partial charge in [-0.25, -0.2) is 0 Å². The number of hydrogen-bond donors (Lipinski definition) is 3. The Morgan fingerprint density at radius 2 is 1.69 bits per heavy atom. The second-order valence-electron chi connectivity index (χ2n) is 9.75. The molecular weight excluding hydrogens is 450 g/mol. The van der Waals surface area contributed by atoms with Gasteiger partial charge in [-0.05, 0) is 66.6 Å². The molecule has 1 unspecified atom stereocenters. The third-order valence-electron chi connectivity index (χ3n) is 6.72. The van der Waals surface area contributed by atoms with Crippen LogP contribution in [0.4, 0.5) is 5.69 Å². The van der Waals surface area contributed by atoms with Crippen molar-refractivity contribution in [1.29, 1.82) is 0 Å². The van der Waals surface area contributed by atoms with Crippen molar-refractivity contribution >= 4 is 28.4 Å². The molecule has 4 rings (SSSR count). The zero-order valence-electron chi connectivity index (χ0n) is 21.2. The number of carbonyl (C=O) groups is 2. The smallest absolute Gasteiger partial charge is 0.237 e. The lowest BCUT2D eigenvalue weighted by Gasteiger charge is -2.16. The fraction of sp³-hybridized carbons (Fsp3) is 0.267. The Kier molecular flexibility index (Phi) is 7.15. The van der Waals surface area contributed by atoms with Crippen LogP contribution in [-0.4, -0.2) is 21.5 Å². The van der Waals surface area contributed by atoms with Crippen LogP contribution in [0.5, 0.6) is 5.75 Å². The average Bonchev–Trinajstić information content (AvgIpc) is 3.17. The highest BCUT2D eigenvalue weighted by atomic mass is 16.3. The Labute approximate surface area is 211 Å². The van der Waals surface area contributed by atoms with Gasteiger partial charge in [0, 0.05) is 17.6 Å². The topological polar surface area (TPSA) is 97.4 Å². The van der Waals surface area contributed by atoms with Crippen LogP contribution in [0.15, 0.2) is 66.7 Å². The van der Waals surface area contributed by atoms with Gasteiger partial charge in [0.25, 0.3) is 0 Å². The van der Waals surface area contributed by atoms with Gasteiger partial charge in [-0.2, -0.15) is 0 Å². The molecule has 36 heavy (non-hydrogen) atoms. The summed E-state index contributed by atoms with van der Waals surface area (Å²) in [5.41, 5.74) is 12.3. The lowest BCUT2D eigenvalue weighted by molar-refractivity contribution is -0.130. The van der Waals surface area contributed by atoms with E-state index in [1.807, 2.05) is 68.4 Å². The summed E-state index contributed by atoms with van der Waals surface area (Å²) >= 11 is 0. The number of rotatable bonds is 8. The average molecular weight is 484 g/mol. The number of nitrogens with one attached hydrogen (secondary N) is 1. The number of carbonyl (C=O) groups excluding carboxylic acids is 2. The van der Waals surface area contributed by atoms with Gasteiger partial charge in [-0.1, -0.05) is 62.4 Å². The molecule has 6 heteroatoms. The van der Waals surface area contributed by atoms with E-state index < -0.39 is 17.7 Å². The second kappa shape index (κ2) is 10.3. The molecule has 1 atom stereocenters. The van der Waals surface area contributed by atoms with Crippen LogP contribution >= 0.6 is 0 Å². The van der Waals surface area contributed by atoms with Crippen molar-refractivity contribution in [3.8, 4) is 5.75 Å². The van der Waals surface area contributed by atoms with Gasteiger partial charge in [-0.3, -0.25) is 9.59 Å². The van der Waals surface area contributed by atoms with E-state index in [2.05, 4.69) is 29.8 Å². The van der Waals surface area contributed by atoms with Crippen molar-refractivity contribution in [2.45, 2.75) is 46.6 Å². The van der Waals surface area contributed by atoms with Crippen molar-refractivity contribution < 1.29 is 14.7 Å². The minimum Gasteiger partial charge on any atom is -0.508 e. The first-order chi connectivity index (χ1) is 17.2. The van der Waals surface area contributed by atoms with E-state index in [9.17, 15) is 14.7 Å². The molecule has 186 valence electrons. The molecule has 1 heterocycles. The molecule has 0 bridgehead atoms. The Morgan fingerprint density at radius 1 is 0.972 bits per heavy atom. The number of hydrogen-bond acceptors (Lipinski definition) is 3. The molecule has 3 aromatic carbocycles. The van der Waals surface area contributed by atoms with Crippen molar-refractivity contribution in [3.63, 3.8) is 0 Å². The Bertz CT molecular complexity index is 1420. The first-order valence-corrected chi connectivity index (χ1v) is 12.2. The van der Waals surface area contributed by atoms with Gasteiger partial charge in [0.15, 0.2) is 0 Å². The summed E-state index contributed by atoms with van der Waals surface area (Å²) in [7, 11) is 0. The quantitative estimate of drug-likeness (QED) is 0.292. The van der Waals surface area contributed by atoms with E-state index in [0.717, 1.165) is 38.9 Å². The highest BCUT2D eigenvalue weighted by molar-refractivity contribution is 6.10. The minimum absolute atomic E-state index is 0.213. The number of amides is 2. The van der Waals surface area contributed by atoms with Crippen molar-refractivity contribution in [1.82, 2.24) is 4.57 Å². The molecule has 4 aromatic rings. The Hall–Kier alpha value is -4.06. The number of nitrogens with two attached hydrogens (primary N) is 1. The van der Waals surface area contributed by atoms with Crippen molar-refractivity contribution in [2.75, 3.05) is 5.32 Å². The fourth-order valence-electron chi connectivity index (χ4n) is 4.74. The fourth-order valence-corrected chi connectivity index (χ4v) is 4.74. The van der Waals surface area contributed by atoms with Gasteiger partial charge in [0.2, 0.25) is 11.8 Å². The number of fused-ring (bicyclic) bond motifs is 1. The summed E-state index contributed by atoms with van der Waals surface area (Å²) in [5, 5.41) is 14.1. The molecule has 0 aliphatic carbocycles. The Morgan fingerprint density at radius 3 is 2.36 bits per heavy atom. The summed E-state index contributed by atoms with van der Waals surface area (Å²) in [6.07, 6.45) is 0.246. The molecular formula is C30H33N3O3. The lowest BCUT2D eigenvalue weighted by Crippen LogP contribution is -2.36. The molecule has 0 spiro atoms. The molecule has 0 saturated carbocycles. The number of aromatic nitrogens is 1. The number of primary amides is 1. The van der Waals surface area contributed by atoms with Crippen LogP contribution in [-0.2, 0) is 22.6 Å². The van der Waals surface area contributed by atoms with E-state index in [0.29, 0.717) is 18.0 Å². The normalized spacial score (nSPS) is 12.1. The monoisotopic (exact) mass is 483 g/mol. The number of nitrogens with zero attached hydrogens (tertiary/aromatic N) is 1. The molecule has 1 aromatic heterocycles. The van der Waals surface area contributed by atoms with Gasteiger partial charge in [0.05, 0.1) is 11.2 Å². The highest BCUT2D eigenvalue weighted by Crippen LogP contribution is 2.32. The summed E-state index contributed by atoms with van der Waals surface area (Å²) in [6.45, 7) is 8.83. The van der Waals surface area contributed by atoms with Crippen molar-refractivity contribution in [3.05, 3.63) is 94.7 Å². The number of aryl methyl sites for hydroxylation is 2.